The number of nitrogens with zero attached hydrogens (tertiary/aromatic N) is 1. The third-order valence-electron chi connectivity index (χ3n) is 4.11. The first-order valence-corrected chi connectivity index (χ1v) is 12.7. The van der Waals surface area contributed by atoms with Gasteiger partial charge in [0.25, 0.3) is 0 Å². The molecule has 0 aliphatic carbocycles. The van der Waals surface area contributed by atoms with E-state index in [4.69, 9.17) is 4.74 Å². The molecule has 1 aromatic carbocycles. The SMILES string of the molecule is C=CCSC1CC(=O)N1C(C(=O)O)=C(Oc1ccc(S(C)=O)cc1)SC(=O)C(C)(C)C. The summed E-state index contributed by atoms with van der Waals surface area (Å²) in [4.78, 5) is 38.9. The molecular formula is C21H25NO6S3. The Morgan fingerprint density at radius 3 is 2.39 bits per heavy atom. The molecule has 0 radical (unpaired) electrons. The lowest BCUT2D eigenvalue weighted by molar-refractivity contribution is -0.146. The zero-order valence-electron chi connectivity index (χ0n) is 17.7. The van der Waals surface area contributed by atoms with Crippen LogP contribution in [0.15, 0.2) is 52.6 Å². The summed E-state index contributed by atoms with van der Waals surface area (Å²) in [6, 6.07) is 6.27. The number of hydrogen-bond donors (Lipinski definition) is 1. The van der Waals surface area contributed by atoms with E-state index in [1.165, 1.54) is 18.0 Å². The molecule has 1 saturated heterocycles. The molecule has 2 rings (SSSR count). The molecule has 1 N–H and O–H groups in total. The number of carboxylic acid groups (broad SMARTS) is 1. The quantitative estimate of drug-likeness (QED) is 0.245. The first kappa shape index (κ1) is 25.2. The van der Waals surface area contributed by atoms with E-state index in [0.717, 1.165) is 4.90 Å². The molecule has 1 aliphatic rings. The summed E-state index contributed by atoms with van der Waals surface area (Å²) < 4.78 is 17.4. The van der Waals surface area contributed by atoms with Crippen LogP contribution in [0, 0.1) is 5.41 Å². The second-order valence-electron chi connectivity index (χ2n) is 7.65. The van der Waals surface area contributed by atoms with Gasteiger partial charge in [0.05, 0.1) is 11.8 Å². The molecule has 0 saturated carbocycles. The van der Waals surface area contributed by atoms with Crippen LogP contribution in [-0.4, -0.2) is 48.6 Å². The van der Waals surface area contributed by atoms with Crippen LogP contribution in [-0.2, 0) is 25.2 Å². The van der Waals surface area contributed by atoms with E-state index < -0.39 is 22.2 Å². The summed E-state index contributed by atoms with van der Waals surface area (Å²) in [5.74, 6) is -0.921. The molecule has 1 aliphatic heterocycles. The highest BCUT2D eigenvalue weighted by Crippen LogP contribution is 2.39. The minimum atomic E-state index is -1.37. The zero-order chi connectivity index (χ0) is 23.3. The van der Waals surface area contributed by atoms with Crippen LogP contribution in [0.25, 0.3) is 0 Å². The van der Waals surface area contributed by atoms with Crippen molar-refractivity contribution in [1.29, 1.82) is 0 Å². The lowest BCUT2D eigenvalue weighted by atomic mass is 10.00. The van der Waals surface area contributed by atoms with Crippen molar-refractivity contribution in [1.82, 2.24) is 4.90 Å². The van der Waals surface area contributed by atoms with E-state index in [2.05, 4.69) is 6.58 Å². The Morgan fingerprint density at radius 2 is 1.94 bits per heavy atom. The molecule has 10 heteroatoms. The van der Waals surface area contributed by atoms with Gasteiger partial charge < -0.3 is 9.84 Å². The second kappa shape index (κ2) is 10.5. The number of carbonyl (C=O) groups excluding carboxylic acids is 2. The maximum Gasteiger partial charge on any atom is 0.357 e. The standard InChI is InChI=1S/C21H25NO6S3/c1-6-11-29-16-12-15(23)22(16)17(18(24)25)19(30-20(26)21(2,3)4)28-13-7-9-14(10-8-13)31(5)27/h6-10,16H,1,11-12H2,2-5H3,(H,24,25). The number of benzene rings is 1. The minimum absolute atomic E-state index is 0.185. The van der Waals surface area contributed by atoms with E-state index in [1.54, 1.807) is 51.1 Å². The minimum Gasteiger partial charge on any atom is -0.476 e. The summed E-state index contributed by atoms with van der Waals surface area (Å²) in [6.07, 6.45) is 3.40. The number of thioether (sulfide) groups is 2. The topological polar surface area (TPSA) is 101 Å². The van der Waals surface area contributed by atoms with Crippen molar-refractivity contribution in [2.24, 2.45) is 5.41 Å². The number of aliphatic carboxylic acids is 1. The molecule has 0 spiro atoms. The Kier molecular flexibility index (Phi) is 8.56. The predicted octanol–water partition coefficient (Wildman–Crippen LogP) is 3.84. The molecule has 1 aromatic rings. The molecule has 1 fully saturated rings. The van der Waals surface area contributed by atoms with Crippen LogP contribution in [0.5, 0.6) is 5.75 Å². The Morgan fingerprint density at radius 1 is 1.32 bits per heavy atom. The van der Waals surface area contributed by atoms with Crippen LogP contribution >= 0.6 is 23.5 Å². The van der Waals surface area contributed by atoms with Crippen LogP contribution in [0.1, 0.15) is 27.2 Å². The highest BCUT2D eigenvalue weighted by atomic mass is 32.2. The van der Waals surface area contributed by atoms with Gasteiger partial charge in [0.2, 0.25) is 11.0 Å². The highest BCUT2D eigenvalue weighted by Gasteiger charge is 2.44. The normalized spacial score (nSPS) is 18.0. The number of hydrogen-bond acceptors (Lipinski definition) is 7. The lowest BCUT2D eigenvalue weighted by Crippen LogP contribution is -2.52. The van der Waals surface area contributed by atoms with Crippen molar-refractivity contribution in [3.8, 4) is 5.75 Å². The van der Waals surface area contributed by atoms with Gasteiger partial charge in [-0.25, -0.2) is 4.79 Å². The maximum absolute atomic E-state index is 12.7. The average Bonchev–Trinajstić information content (AvgIpc) is 2.67. The predicted molar refractivity (Wildman–Crippen MR) is 124 cm³/mol. The lowest BCUT2D eigenvalue weighted by Gasteiger charge is -2.40. The van der Waals surface area contributed by atoms with Crippen molar-refractivity contribution in [3.05, 3.63) is 47.7 Å². The monoisotopic (exact) mass is 483 g/mol. The molecule has 1 heterocycles. The van der Waals surface area contributed by atoms with Crippen molar-refractivity contribution in [3.63, 3.8) is 0 Å². The van der Waals surface area contributed by atoms with Crippen LogP contribution in [0.2, 0.25) is 0 Å². The fraction of sp³-hybridized carbons (Fsp3) is 0.381. The van der Waals surface area contributed by atoms with E-state index in [1.807, 2.05) is 0 Å². The summed E-state index contributed by atoms with van der Waals surface area (Å²) in [6.45, 7) is 8.78. The maximum atomic E-state index is 12.7. The molecular weight excluding hydrogens is 458 g/mol. The fourth-order valence-electron chi connectivity index (χ4n) is 2.42. The van der Waals surface area contributed by atoms with Crippen molar-refractivity contribution in [2.45, 2.75) is 37.5 Å². The Bertz CT molecular complexity index is 933. The van der Waals surface area contributed by atoms with Crippen molar-refractivity contribution in [2.75, 3.05) is 12.0 Å². The van der Waals surface area contributed by atoms with Gasteiger partial charge in [-0.15, -0.1) is 18.3 Å². The third-order valence-corrected chi connectivity index (χ3v) is 7.50. The number of amides is 1. The molecule has 168 valence electrons. The molecule has 0 aromatic heterocycles. The summed E-state index contributed by atoms with van der Waals surface area (Å²) in [7, 11) is -1.18. The molecule has 2 atom stereocenters. The number of rotatable bonds is 9. The van der Waals surface area contributed by atoms with Gasteiger partial charge in [0, 0.05) is 33.1 Å². The number of carbonyl (C=O) groups is 3. The van der Waals surface area contributed by atoms with Crippen LogP contribution in [0.4, 0.5) is 0 Å². The number of β-lactam (4-membered cyclic amide) rings is 1. The first-order chi connectivity index (χ1) is 14.5. The number of carboxylic acids is 1. The van der Waals surface area contributed by atoms with E-state index in [-0.39, 0.29) is 39.4 Å². The van der Waals surface area contributed by atoms with Gasteiger partial charge in [0.1, 0.15) is 5.75 Å². The Hall–Kier alpha value is -2.04. The molecule has 0 bridgehead atoms. The number of likely N-dealkylation sites (tertiary alicyclic amines) is 1. The fourth-order valence-corrected chi connectivity index (χ4v) is 4.82. The van der Waals surface area contributed by atoms with E-state index in [9.17, 15) is 23.7 Å². The van der Waals surface area contributed by atoms with E-state index >= 15 is 0 Å². The molecule has 31 heavy (non-hydrogen) atoms. The summed E-state index contributed by atoms with van der Waals surface area (Å²) in [5, 5.41) is 9.05. The third kappa shape index (κ3) is 6.47. The molecule has 2 unspecified atom stereocenters. The van der Waals surface area contributed by atoms with Gasteiger partial charge in [-0.05, 0) is 36.0 Å². The van der Waals surface area contributed by atoms with Gasteiger partial charge in [-0.3, -0.25) is 18.7 Å². The molecule has 7 nitrogen and oxygen atoms in total. The van der Waals surface area contributed by atoms with Gasteiger partial charge in [0.15, 0.2) is 10.8 Å². The van der Waals surface area contributed by atoms with Gasteiger partial charge in [-0.2, -0.15) is 0 Å². The van der Waals surface area contributed by atoms with Crippen LogP contribution < -0.4 is 4.74 Å². The second-order valence-corrected chi connectivity index (χ2v) is 11.2. The smallest absolute Gasteiger partial charge is 0.357 e. The van der Waals surface area contributed by atoms with Crippen molar-refractivity contribution < 1.29 is 28.4 Å². The summed E-state index contributed by atoms with van der Waals surface area (Å²) in [5.41, 5.74) is -1.13. The van der Waals surface area contributed by atoms with Gasteiger partial charge >= 0.3 is 5.97 Å². The average molecular weight is 484 g/mol. The largest absolute Gasteiger partial charge is 0.476 e. The van der Waals surface area contributed by atoms with E-state index in [0.29, 0.717) is 22.4 Å². The molecule has 1 amide bonds. The Balaban J connectivity index is 2.50. The van der Waals surface area contributed by atoms with Crippen molar-refractivity contribution >= 4 is 51.3 Å². The highest BCUT2D eigenvalue weighted by molar-refractivity contribution is 8.16. The van der Waals surface area contributed by atoms with Gasteiger partial charge in [-0.1, -0.05) is 26.8 Å². The summed E-state index contributed by atoms with van der Waals surface area (Å²) >= 11 is 2.03. The van der Waals surface area contributed by atoms with Crippen LogP contribution in [0.3, 0.4) is 0 Å². The Labute approximate surface area is 192 Å². The zero-order valence-corrected chi connectivity index (χ0v) is 20.2. The first-order valence-electron chi connectivity index (χ1n) is 9.31. The number of ether oxygens (including phenoxy) is 1.